The zero-order valence-electron chi connectivity index (χ0n) is 21.4. The number of nitrogens with zero attached hydrogens (tertiary/aromatic N) is 2. The fraction of sp³-hybridized carbons (Fsp3) is 0.654. The van der Waals surface area contributed by atoms with Crippen LogP contribution in [-0.4, -0.2) is 94.6 Å². The number of amides is 1. The third kappa shape index (κ3) is 7.02. The van der Waals surface area contributed by atoms with E-state index in [2.05, 4.69) is 0 Å². The van der Waals surface area contributed by atoms with Crippen molar-refractivity contribution in [2.75, 3.05) is 59.7 Å². The van der Waals surface area contributed by atoms with Gasteiger partial charge >= 0.3 is 0 Å². The summed E-state index contributed by atoms with van der Waals surface area (Å²) in [5.74, 6) is 1.39. The van der Waals surface area contributed by atoms with Crippen molar-refractivity contribution in [3.8, 4) is 5.75 Å². The lowest BCUT2D eigenvalue weighted by Gasteiger charge is -2.34. The zero-order valence-corrected chi connectivity index (χ0v) is 22.2. The van der Waals surface area contributed by atoms with E-state index in [0.29, 0.717) is 50.2 Å². The largest absolute Gasteiger partial charge is 0.497 e. The van der Waals surface area contributed by atoms with E-state index in [-0.39, 0.29) is 43.0 Å². The molecule has 1 aromatic rings. The van der Waals surface area contributed by atoms with Gasteiger partial charge in [-0.25, -0.2) is 8.42 Å². The van der Waals surface area contributed by atoms with E-state index in [1.807, 2.05) is 6.08 Å². The lowest BCUT2D eigenvalue weighted by molar-refractivity contribution is -0.158. The molecule has 1 amide bonds. The molecule has 0 spiro atoms. The average Bonchev–Trinajstić information content (AvgIpc) is 3.48. The van der Waals surface area contributed by atoms with E-state index in [1.165, 1.54) is 36.4 Å². The predicted octanol–water partition coefficient (Wildman–Crippen LogP) is 1.99. The van der Waals surface area contributed by atoms with Crippen LogP contribution in [0.25, 0.3) is 0 Å². The van der Waals surface area contributed by atoms with Crippen molar-refractivity contribution in [1.29, 1.82) is 0 Å². The summed E-state index contributed by atoms with van der Waals surface area (Å²) >= 11 is 0. The second kappa shape index (κ2) is 13.1. The molecule has 1 saturated heterocycles. The molecule has 0 radical (unpaired) electrons. The Morgan fingerprint density at radius 2 is 1.84 bits per heavy atom. The van der Waals surface area contributed by atoms with Gasteiger partial charge in [0.05, 0.1) is 38.4 Å². The number of aliphatic hydroxyl groups is 1. The number of carbonyl (C=O) groups excluding carboxylic acids is 1. The van der Waals surface area contributed by atoms with Gasteiger partial charge in [0.1, 0.15) is 5.75 Å². The molecule has 1 N–H and O–H groups in total. The molecule has 2 heterocycles. The van der Waals surface area contributed by atoms with Gasteiger partial charge < -0.3 is 29.0 Å². The molecule has 11 heteroatoms. The van der Waals surface area contributed by atoms with Gasteiger partial charge in [-0.2, -0.15) is 4.31 Å². The van der Waals surface area contributed by atoms with Crippen LogP contribution in [-0.2, 0) is 29.0 Å². The Morgan fingerprint density at radius 1 is 1.14 bits per heavy atom. The molecule has 3 aliphatic rings. The van der Waals surface area contributed by atoms with Crippen LogP contribution < -0.4 is 4.74 Å². The number of methoxy groups -OCH3 is 1. The van der Waals surface area contributed by atoms with E-state index < -0.39 is 16.3 Å². The van der Waals surface area contributed by atoms with Gasteiger partial charge in [-0.1, -0.05) is 12.8 Å². The Hall–Kier alpha value is -2.18. The van der Waals surface area contributed by atoms with Crippen LogP contribution in [0.3, 0.4) is 0 Å². The lowest BCUT2D eigenvalue weighted by Crippen LogP contribution is -2.43. The van der Waals surface area contributed by atoms with Crippen LogP contribution in [0.5, 0.6) is 5.75 Å². The number of rotatable bonds is 11. The third-order valence-corrected chi connectivity index (χ3v) is 9.21. The normalized spacial score (nSPS) is 23.1. The highest BCUT2D eigenvalue weighted by Crippen LogP contribution is 2.38. The maximum absolute atomic E-state index is 13.2. The molecule has 1 aliphatic carbocycles. The van der Waals surface area contributed by atoms with Gasteiger partial charge in [-0.05, 0) is 55.0 Å². The first-order valence-electron chi connectivity index (χ1n) is 13.0. The molecule has 0 unspecified atom stereocenters. The summed E-state index contributed by atoms with van der Waals surface area (Å²) in [6.45, 7) is 1.80. The second-order valence-corrected chi connectivity index (χ2v) is 11.5. The molecule has 2 atom stereocenters. The summed E-state index contributed by atoms with van der Waals surface area (Å²) in [5.41, 5.74) is 0. The molecular formula is C26H38N2O8S. The number of hydrogen-bond acceptors (Lipinski definition) is 8. The van der Waals surface area contributed by atoms with Crippen molar-refractivity contribution in [3.05, 3.63) is 36.1 Å². The number of ether oxygens (including phenoxy) is 4. The van der Waals surface area contributed by atoms with E-state index in [1.54, 1.807) is 17.0 Å². The van der Waals surface area contributed by atoms with E-state index in [4.69, 9.17) is 18.9 Å². The minimum atomic E-state index is -3.84. The first-order valence-corrected chi connectivity index (χ1v) is 14.5. The van der Waals surface area contributed by atoms with Crippen molar-refractivity contribution < 1.29 is 37.3 Å². The minimum absolute atomic E-state index is 0.0410. The van der Waals surface area contributed by atoms with Gasteiger partial charge in [0.15, 0.2) is 5.76 Å². The summed E-state index contributed by atoms with van der Waals surface area (Å²) in [6.07, 6.45) is 6.57. The fourth-order valence-corrected chi connectivity index (χ4v) is 6.64. The van der Waals surface area contributed by atoms with Gasteiger partial charge in [0.2, 0.25) is 16.3 Å². The Labute approximate surface area is 219 Å². The number of hydrogen-bond donors (Lipinski definition) is 1. The first kappa shape index (κ1) is 27.8. The van der Waals surface area contributed by atoms with Crippen LogP contribution in [0.1, 0.15) is 32.1 Å². The standard InChI is InChI=1S/C26H38N2O8S/c1-33-22-6-8-23(9-7-22)37(31,32)28(10-14-29)13-17-35-25-19-21(20-4-2-3-5-20)18-24(36-25)26(30)27-11-15-34-16-12-27/h6-9,18,20-21,25,29H,2-5,10-17,19H2,1H3/t21-,25+/m1/s1. The molecule has 0 aromatic heterocycles. The Balaban J connectivity index is 1.40. The molecule has 4 rings (SSSR count). The molecule has 37 heavy (non-hydrogen) atoms. The predicted molar refractivity (Wildman–Crippen MR) is 135 cm³/mol. The van der Waals surface area contributed by atoms with Crippen molar-refractivity contribution in [2.24, 2.45) is 11.8 Å². The molecule has 1 saturated carbocycles. The van der Waals surface area contributed by atoms with Crippen molar-refractivity contribution in [2.45, 2.75) is 43.3 Å². The lowest BCUT2D eigenvalue weighted by atomic mass is 9.86. The maximum Gasteiger partial charge on any atom is 0.288 e. The van der Waals surface area contributed by atoms with Gasteiger partial charge in [0, 0.05) is 32.6 Å². The Kier molecular flexibility index (Phi) is 9.83. The van der Waals surface area contributed by atoms with Crippen LogP contribution in [0, 0.1) is 11.8 Å². The highest BCUT2D eigenvalue weighted by atomic mass is 32.2. The zero-order chi connectivity index (χ0) is 26.3. The molecule has 10 nitrogen and oxygen atoms in total. The van der Waals surface area contributed by atoms with Gasteiger partial charge in [0.25, 0.3) is 5.91 Å². The second-order valence-electron chi connectivity index (χ2n) is 9.60. The highest BCUT2D eigenvalue weighted by Gasteiger charge is 2.35. The van der Waals surface area contributed by atoms with E-state index >= 15 is 0 Å². The maximum atomic E-state index is 13.2. The number of aliphatic hydroxyl groups excluding tert-OH is 1. The summed E-state index contributed by atoms with van der Waals surface area (Å²) < 4.78 is 50.0. The fourth-order valence-electron chi connectivity index (χ4n) is 5.22. The average molecular weight is 539 g/mol. The molecule has 1 aromatic carbocycles. The van der Waals surface area contributed by atoms with Crippen LogP contribution in [0.4, 0.5) is 0 Å². The van der Waals surface area contributed by atoms with Crippen molar-refractivity contribution in [1.82, 2.24) is 9.21 Å². The Morgan fingerprint density at radius 3 is 2.49 bits per heavy atom. The van der Waals surface area contributed by atoms with Crippen molar-refractivity contribution >= 4 is 15.9 Å². The highest BCUT2D eigenvalue weighted by molar-refractivity contribution is 7.89. The molecule has 206 valence electrons. The molecular weight excluding hydrogens is 500 g/mol. The number of sulfonamides is 1. The quantitative estimate of drug-likeness (QED) is 0.455. The van der Waals surface area contributed by atoms with Crippen LogP contribution in [0.2, 0.25) is 0 Å². The summed E-state index contributed by atoms with van der Waals surface area (Å²) in [7, 11) is -2.33. The first-order chi connectivity index (χ1) is 17.9. The smallest absolute Gasteiger partial charge is 0.288 e. The van der Waals surface area contributed by atoms with Gasteiger partial charge in [-0.3, -0.25) is 4.79 Å². The number of allylic oxidation sites excluding steroid dienone is 1. The topological polar surface area (TPSA) is 115 Å². The molecule has 2 fully saturated rings. The minimum Gasteiger partial charge on any atom is -0.497 e. The van der Waals surface area contributed by atoms with Crippen molar-refractivity contribution in [3.63, 3.8) is 0 Å². The summed E-state index contributed by atoms with van der Waals surface area (Å²) in [5, 5.41) is 9.50. The van der Waals surface area contributed by atoms with Crippen LogP contribution >= 0.6 is 0 Å². The number of benzene rings is 1. The van der Waals surface area contributed by atoms with E-state index in [9.17, 15) is 18.3 Å². The van der Waals surface area contributed by atoms with Crippen LogP contribution in [0.15, 0.2) is 41.0 Å². The summed E-state index contributed by atoms with van der Waals surface area (Å²) in [6, 6.07) is 6.12. The van der Waals surface area contributed by atoms with Gasteiger partial charge in [-0.15, -0.1) is 0 Å². The van der Waals surface area contributed by atoms with E-state index in [0.717, 1.165) is 12.8 Å². The number of carbonyl (C=O) groups is 1. The third-order valence-electron chi connectivity index (χ3n) is 7.29. The Bertz CT molecular complexity index is 1020. The monoisotopic (exact) mass is 538 g/mol. The summed E-state index contributed by atoms with van der Waals surface area (Å²) in [4.78, 5) is 15.0. The number of morpholine rings is 1. The molecule has 0 bridgehead atoms. The SMILES string of the molecule is COc1ccc(S(=O)(=O)N(CCO)CCO[C@@H]2C[C@H](C3CCCC3)C=C(C(=O)N3CCOCC3)O2)cc1. The molecule has 2 aliphatic heterocycles.